The highest BCUT2D eigenvalue weighted by Crippen LogP contribution is 2.17. The fourth-order valence-corrected chi connectivity index (χ4v) is 1.43. The average Bonchev–Trinajstić information content (AvgIpc) is 2.44. The summed E-state index contributed by atoms with van der Waals surface area (Å²) in [6.07, 6.45) is 0.864. The van der Waals surface area contributed by atoms with Gasteiger partial charge in [-0.15, -0.1) is 0 Å². The van der Waals surface area contributed by atoms with Crippen molar-refractivity contribution in [2.24, 2.45) is 0 Å². The molecule has 21 heavy (non-hydrogen) atoms. The molecule has 0 saturated carbocycles. The third-order valence-electron chi connectivity index (χ3n) is 2.94. The maximum atomic E-state index is 11.7. The molecule has 0 aromatic heterocycles. The van der Waals surface area contributed by atoms with Gasteiger partial charge in [0.2, 0.25) is 0 Å². The van der Waals surface area contributed by atoms with E-state index in [1.807, 2.05) is 13.8 Å². The predicted octanol–water partition coefficient (Wildman–Crippen LogP) is 2.07. The smallest absolute Gasteiger partial charge is 0.319 e. The maximum Gasteiger partial charge on any atom is 0.319 e. The molecule has 1 atom stereocenters. The van der Waals surface area contributed by atoms with E-state index in [-0.39, 0.29) is 24.6 Å². The SMILES string of the molecule is CCC(C)NC(=O)Nc1cccc(OCC(=O)N(C)C)c1. The fourth-order valence-electron chi connectivity index (χ4n) is 1.43. The van der Waals surface area contributed by atoms with Crippen LogP contribution in [0.3, 0.4) is 0 Å². The summed E-state index contributed by atoms with van der Waals surface area (Å²) in [5.74, 6) is 0.411. The van der Waals surface area contributed by atoms with Crippen LogP contribution >= 0.6 is 0 Å². The molecule has 0 aliphatic carbocycles. The van der Waals surface area contributed by atoms with Crippen molar-refractivity contribution in [1.82, 2.24) is 10.2 Å². The summed E-state index contributed by atoms with van der Waals surface area (Å²) in [5.41, 5.74) is 0.616. The van der Waals surface area contributed by atoms with Crippen LogP contribution in [0.4, 0.5) is 10.5 Å². The first kappa shape index (κ1) is 16.8. The lowest BCUT2D eigenvalue weighted by Crippen LogP contribution is -2.35. The van der Waals surface area contributed by atoms with Crippen molar-refractivity contribution in [1.29, 1.82) is 0 Å². The standard InChI is InChI=1S/C15H23N3O3/c1-5-11(2)16-15(20)17-12-7-6-8-13(9-12)21-10-14(19)18(3)4/h6-9,11H,5,10H2,1-4H3,(H2,16,17,20). The van der Waals surface area contributed by atoms with Crippen LogP contribution in [0, 0.1) is 0 Å². The average molecular weight is 293 g/mol. The number of carbonyl (C=O) groups excluding carboxylic acids is 2. The number of anilines is 1. The third kappa shape index (κ3) is 6.16. The molecule has 0 bridgehead atoms. The minimum atomic E-state index is -0.258. The number of nitrogens with zero attached hydrogens (tertiary/aromatic N) is 1. The second-order valence-electron chi connectivity index (χ2n) is 5.01. The largest absolute Gasteiger partial charge is 0.484 e. The van der Waals surface area contributed by atoms with Gasteiger partial charge in [-0.1, -0.05) is 13.0 Å². The molecule has 0 spiro atoms. The Balaban J connectivity index is 2.56. The van der Waals surface area contributed by atoms with Gasteiger partial charge in [-0.05, 0) is 25.5 Å². The summed E-state index contributed by atoms with van der Waals surface area (Å²) in [6, 6.07) is 6.79. The minimum absolute atomic E-state index is 0.0322. The Hall–Kier alpha value is -2.24. The van der Waals surface area contributed by atoms with Gasteiger partial charge in [0.05, 0.1) is 0 Å². The number of hydrogen-bond acceptors (Lipinski definition) is 3. The molecule has 0 saturated heterocycles. The van der Waals surface area contributed by atoms with Gasteiger partial charge >= 0.3 is 6.03 Å². The molecule has 6 nitrogen and oxygen atoms in total. The van der Waals surface area contributed by atoms with Crippen molar-refractivity contribution in [2.45, 2.75) is 26.3 Å². The van der Waals surface area contributed by atoms with Gasteiger partial charge in [0.15, 0.2) is 6.61 Å². The van der Waals surface area contributed by atoms with E-state index in [2.05, 4.69) is 10.6 Å². The molecule has 0 heterocycles. The first-order valence-electron chi connectivity index (χ1n) is 6.93. The van der Waals surface area contributed by atoms with Crippen LogP contribution in [0.2, 0.25) is 0 Å². The van der Waals surface area contributed by atoms with Gasteiger partial charge in [-0.25, -0.2) is 4.79 Å². The van der Waals surface area contributed by atoms with E-state index >= 15 is 0 Å². The topological polar surface area (TPSA) is 70.7 Å². The number of benzene rings is 1. The summed E-state index contributed by atoms with van der Waals surface area (Å²) in [6.45, 7) is 3.91. The second-order valence-corrected chi connectivity index (χ2v) is 5.01. The first-order chi connectivity index (χ1) is 9.92. The summed E-state index contributed by atoms with van der Waals surface area (Å²) >= 11 is 0. The van der Waals surface area contributed by atoms with Crippen LogP contribution in [0.1, 0.15) is 20.3 Å². The molecule has 0 radical (unpaired) electrons. The van der Waals surface area contributed by atoms with Gasteiger partial charge in [0.1, 0.15) is 5.75 Å². The Morgan fingerprint density at radius 2 is 2.05 bits per heavy atom. The highest BCUT2D eigenvalue weighted by atomic mass is 16.5. The van der Waals surface area contributed by atoms with Crippen LogP contribution in [0.25, 0.3) is 0 Å². The van der Waals surface area contributed by atoms with Gasteiger partial charge in [0.25, 0.3) is 5.91 Å². The molecular formula is C15H23N3O3. The fraction of sp³-hybridized carbons (Fsp3) is 0.467. The van der Waals surface area contributed by atoms with Crippen molar-refractivity contribution in [2.75, 3.05) is 26.0 Å². The summed E-state index contributed by atoms with van der Waals surface area (Å²) in [7, 11) is 3.34. The Labute approximate surface area is 125 Å². The van der Waals surface area contributed by atoms with Gasteiger partial charge < -0.3 is 20.3 Å². The van der Waals surface area contributed by atoms with E-state index in [9.17, 15) is 9.59 Å². The second kappa shape index (κ2) is 8.14. The lowest BCUT2D eigenvalue weighted by atomic mass is 10.2. The minimum Gasteiger partial charge on any atom is -0.484 e. The number of likely N-dealkylation sites (N-methyl/N-ethyl adjacent to an activating group) is 1. The molecule has 2 N–H and O–H groups in total. The van der Waals surface area contributed by atoms with Crippen molar-refractivity contribution in [3.05, 3.63) is 24.3 Å². The van der Waals surface area contributed by atoms with Crippen molar-refractivity contribution < 1.29 is 14.3 Å². The van der Waals surface area contributed by atoms with Crippen LogP contribution in [-0.4, -0.2) is 43.6 Å². The van der Waals surface area contributed by atoms with Crippen LogP contribution < -0.4 is 15.4 Å². The van der Waals surface area contributed by atoms with Crippen molar-refractivity contribution in [3.8, 4) is 5.75 Å². The number of ether oxygens (including phenoxy) is 1. The quantitative estimate of drug-likeness (QED) is 0.843. The van der Waals surface area contributed by atoms with E-state index < -0.39 is 0 Å². The molecule has 1 rings (SSSR count). The van der Waals surface area contributed by atoms with Gasteiger partial charge in [0, 0.05) is 31.9 Å². The van der Waals surface area contributed by atoms with E-state index in [1.165, 1.54) is 4.90 Å². The van der Waals surface area contributed by atoms with Crippen LogP contribution in [-0.2, 0) is 4.79 Å². The molecular weight excluding hydrogens is 270 g/mol. The number of rotatable bonds is 6. The molecule has 1 aromatic carbocycles. The zero-order valence-electron chi connectivity index (χ0n) is 13.0. The van der Waals surface area contributed by atoms with Crippen molar-refractivity contribution >= 4 is 17.6 Å². The molecule has 0 aliphatic heterocycles. The zero-order valence-corrected chi connectivity index (χ0v) is 13.0. The monoisotopic (exact) mass is 293 g/mol. The normalized spacial score (nSPS) is 11.4. The number of carbonyl (C=O) groups is 2. The summed E-state index contributed by atoms with van der Waals surface area (Å²) < 4.78 is 5.39. The highest BCUT2D eigenvalue weighted by molar-refractivity contribution is 5.89. The van der Waals surface area contributed by atoms with Crippen LogP contribution in [0.5, 0.6) is 5.75 Å². The Morgan fingerprint density at radius 3 is 2.67 bits per heavy atom. The van der Waals surface area contributed by atoms with E-state index in [1.54, 1.807) is 38.4 Å². The Kier molecular flexibility index (Phi) is 6.52. The summed E-state index contributed by atoms with van der Waals surface area (Å²) in [5, 5.41) is 5.54. The lowest BCUT2D eigenvalue weighted by molar-refractivity contribution is -0.130. The van der Waals surface area contributed by atoms with Crippen LogP contribution in [0.15, 0.2) is 24.3 Å². The number of urea groups is 1. The van der Waals surface area contributed by atoms with E-state index in [4.69, 9.17) is 4.74 Å². The number of amides is 3. The van der Waals surface area contributed by atoms with Gasteiger partial charge in [-0.2, -0.15) is 0 Å². The molecule has 1 aromatic rings. The molecule has 1 unspecified atom stereocenters. The molecule has 0 aliphatic rings. The Morgan fingerprint density at radius 1 is 1.33 bits per heavy atom. The number of hydrogen-bond donors (Lipinski definition) is 2. The number of nitrogens with one attached hydrogen (secondary N) is 2. The Bertz CT molecular complexity index is 489. The predicted molar refractivity (Wildman–Crippen MR) is 82.5 cm³/mol. The molecule has 0 fully saturated rings. The van der Waals surface area contributed by atoms with Gasteiger partial charge in [-0.3, -0.25) is 4.79 Å². The van der Waals surface area contributed by atoms with E-state index in [0.29, 0.717) is 11.4 Å². The van der Waals surface area contributed by atoms with Crippen molar-refractivity contribution in [3.63, 3.8) is 0 Å². The third-order valence-corrected chi connectivity index (χ3v) is 2.94. The highest BCUT2D eigenvalue weighted by Gasteiger charge is 2.07. The molecule has 3 amide bonds. The zero-order chi connectivity index (χ0) is 15.8. The summed E-state index contributed by atoms with van der Waals surface area (Å²) in [4.78, 5) is 24.6. The molecule has 116 valence electrons. The maximum absolute atomic E-state index is 11.7. The lowest BCUT2D eigenvalue weighted by Gasteiger charge is -2.14. The van der Waals surface area contributed by atoms with E-state index in [0.717, 1.165) is 6.42 Å². The first-order valence-corrected chi connectivity index (χ1v) is 6.93. The molecule has 6 heteroatoms.